The van der Waals surface area contributed by atoms with Crippen LogP contribution in [0.3, 0.4) is 0 Å². The highest BCUT2D eigenvalue weighted by atomic mass is 16.3. The van der Waals surface area contributed by atoms with Crippen molar-refractivity contribution in [3.05, 3.63) is 241 Å². The number of rotatable bonds is 2. The minimum Gasteiger partial charge on any atom is -0.455 e. The third-order valence-corrected chi connectivity index (χ3v) is 14.8. The highest BCUT2D eigenvalue weighted by Crippen LogP contribution is 2.63. The smallest absolute Gasteiger partial charge is 0.143 e. The molecule has 13 aromatic rings. The number of fused-ring (bicyclic) bond motifs is 19. The van der Waals surface area contributed by atoms with Crippen molar-refractivity contribution in [3.63, 3.8) is 0 Å². The van der Waals surface area contributed by atoms with Crippen molar-refractivity contribution in [2.45, 2.75) is 5.41 Å². The number of furan rings is 1. The maximum absolute atomic E-state index is 6.57. The molecule has 0 fully saturated rings. The molecule has 2 aliphatic carbocycles. The lowest BCUT2D eigenvalue weighted by Gasteiger charge is -2.30. The summed E-state index contributed by atoms with van der Waals surface area (Å²) in [7, 11) is 0. The Balaban J connectivity index is 0.974. The third kappa shape index (κ3) is 4.38. The summed E-state index contributed by atoms with van der Waals surface area (Å²) < 4.78 is 6.57. The van der Waals surface area contributed by atoms with Crippen LogP contribution in [0.5, 0.6) is 0 Å². The first kappa shape index (κ1) is 34.3. The van der Waals surface area contributed by atoms with Gasteiger partial charge in [-0.05, 0) is 164 Å². The van der Waals surface area contributed by atoms with Gasteiger partial charge in [0, 0.05) is 16.2 Å². The van der Waals surface area contributed by atoms with E-state index in [9.17, 15) is 0 Å². The predicted molar refractivity (Wildman–Crippen MR) is 268 cm³/mol. The maximum Gasteiger partial charge on any atom is 0.143 e. The van der Waals surface area contributed by atoms with Gasteiger partial charge in [0.1, 0.15) is 11.2 Å². The molecule has 0 bridgehead atoms. The summed E-state index contributed by atoms with van der Waals surface area (Å²) in [4.78, 5) is 0. The molecule has 294 valence electrons. The van der Waals surface area contributed by atoms with Crippen LogP contribution >= 0.6 is 0 Å². The molecule has 0 radical (unpaired) electrons. The van der Waals surface area contributed by atoms with E-state index >= 15 is 0 Å². The van der Waals surface area contributed by atoms with Crippen LogP contribution in [0.1, 0.15) is 22.3 Å². The number of benzene rings is 12. The molecule has 0 atom stereocenters. The molecule has 1 heterocycles. The van der Waals surface area contributed by atoms with Gasteiger partial charge < -0.3 is 4.42 Å². The van der Waals surface area contributed by atoms with E-state index < -0.39 is 5.41 Å². The summed E-state index contributed by atoms with van der Waals surface area (Å²) in [5.41, 5.74) is 17.1. The first-order valence-corrected chi connectivity index (χ1v) is 22.3. The molecule has 0 amide bonds. The van der Waals surface area contributed by atoms with Crippen molar-refractivity contribution < 1.29 is 4.42 Å². The molecule has 12 aromatic carbocycles. The summed E-state index contributed by atoms with van der Waals surface area (Å²) >= 11 is 0. The van der Waals surface area contributed by atoms with Crippen LogP contribution in [-0.4, -0.2) is 0 Å². The lowest BCUT2D eigenvalue weighted by Crippen LogP contribution is -2.25. The van der Waals surface area contributed by atoms with E-state index in [4.69, 9.17) is 4.42 Å². The minimum atomic E-state index is -0.429. The zero-order chi connectivity index (χ0) is 41.7. The van der Waals surface area contributed by atoms with Gasteiger partial charge in [0.2, 0.25) is 0 Å². The minimum absolute atomic E-state index is 0.429. The molecule has 64 heavy (non-hydrogen) atoms. The van der Waals surface area contributed by atoms with Crippen LogP contribution in [0.2, 0.25) is 0 Å². The largest absolute Gasteiger partial charge is 0.455 e. The second-order valence-electron chi connectivity index (χ2n) is 17.9. The van der Waals surface area contributed by atoms with E-state index in [2.05, 4.69) is 218 Å². The van der Waals surface area contributed by atoms with Gasteiger partial charge in [0.25, 0.3) is 0 Å². The second-order valence-corrected chi connectivity index (χ2v) is 17.9. The molecule has 0 aliphatic heterocycles. The standard InChI is InChI=1S/C63H36O/c1-2-15-39-35-57-52(32-38(39)14-1)53-33-40-25-26-41(31-43(40)36-58(53)63(57)55-23-11-9-17-45(55)46-18-10-12-24-56(46)63)60-47-19-5-7-21-49(47)61(50-22-8-6-20-48(50)60)42-28-30-59-54(34-42)51-29-27-37-13-3-4-16-44(37)62(51)64-59/h1-36H. The van der Waals surface area contributed by atoms with E-state index in [1.165, 1.54) is 115 Å². The number of hydrogen-bond acceptors (Lipinski definition) is 1. The summed E-state index contributed by atoms with van der Waals surface area (Å²) in [5.74, 6) is 0. The zero-order valence-electron chi connectivity index (χ0n) is 34.7. The molecular formula is C63H36O. The van der Waals surface area contributed by atoms with Crippen LogP contribution in [0.25, 0.3) is 120 Å². The van der Waals surface area contributed by atoms with Gasteiger partial charge >= 0.3 is 0 Å². The quantitative estimate of drug-likeness (QED) is 0.159. The highest BCUT2D eigenvalue weighted by molar-refractivity contribution is 6.23. The monoisotopic (exact) mass is 808 g/mol. The van der Waals surface area contributed by atoms with Gasteiger partial charge in [-0.2, -0.15) is 0 Å². The average molecular weight is 809 g/mol. The van der Waals surface area contributed by atoms with E-state index in [0.717, 1.165) is 27.3 Å². The fourth-order valence-corrected chi connectivity index (χ4v) is 12.1. The van der Waals surface area contributed by atoms with Gasteiger partial charge in [-0.15, -0.1) is 0 Å². The Labute approximate surface area is 369 Å². The van der Waals surface area contributed by atoms with Crippen molar-refractivity contribution in [2.24, 2.45) is 0 Å². The van der Waals surface area contributed by atoms with Gasteiger partial charge in [-0.25, -0.2) is 0 Å². The molecule has 0 saturated heterocycles. The van der Waals surface area contributed by atoms with E-state index in [1.807, 2.05) is 0 Å². The van der Waals surface area contributed by atoms with Gasteiger partial charge in [-0.3, -0.25) is 0 Å². The second kappa shape index (κ2) is 12.4. The predicted octanol–water partition coefficient (Wildman–Crippen LogP) is 17.0. The van der Waals surface area contributed by atoms with Crippen molar-refractivity contribution in [1.29, 1.82) is 0 Å². The van der Waals surface area contributed by atoms with E-state index in [-0.39, 0.29) is 0 Å². The molecule has 0 saturated carbocycles. The molecule has 2 aliphatic rings. The fourth-order valence-electron chi connectivity index (χ4n) is 12.1. The van der Waals surface area contributed by atoms with E-state index in [0.29, 0.717) is 0 Å². The fraction of sp³-hybridized carbons (Fsp3) is 0.0159. The molecule has 1 aromatic heterocycles. The summed E-state index contributed by atoms with van der Waals surface area (Å²) in [6.45, 7) is 0. The zero-order valence-corrected chi connectivity index (χ0v) is 34.7. The Morgan fingerprint density at radius 3 is 1.38 bits per heavy atom. The van der Waals surface area contributed by atoms with Crippen molar-refractivity contribution in [2.75, 3.05) is 0 Å². The van der Waals surface area contributed by atoms with Crippen LogP contribution in [0.15, 0.2) is 223 Å². The first-order chi connectivity index (χ1) is 31.7. The number of hydrogen-bond donors (Lipinski definition) is 0. The molecule has 1 heteroatoms. The molecule has 15 rings (SSSR count). The molecule has 1 spiro atoms. The van der Waals surface area contributed by atoms with E-state index in [1.54, 1.807) is 0 Å². The van der Waals surface area contributed by atoms with Crippen LogP contribution in [-0.2, 0) is 5.41 Å². The Morgan fingerprint density at radius 2 is 0.734 bits per heavy atom. The Bertz CT molecular complexity index is 4100. The summed E-state index contributed by atoms with van der Waals surface area (Å²) in [6.07, 6.45) is 0. The topological polar surface area (TPSA) is 13.1 Å². The van der Waals surface area contributed by atoms with Gasteiger partial charge in [0.05, 0.1) is 5.41 Å². The molecule has 0 N–H and O–H groups in total. The van der Waals surface area contributed by atoms with Crippen molar-refractivity contribution in [1.82, 2.24) is 0 Å². The third-order valence-electron chi connectivity index (χ3n) is 14.8. The molecule has 0 unspecified atom stereocenters. The lowest BCUT2D eigenvalue weighted by atomic mass is 9.70. The molecule has 1 nitrogen and oxygen atoms in total. The Hall–Kier alpha value is -8.26. The summed E-state index contributed by atoms with van der Waals surface area (Å²) in [5, 5.41) is 14.6. The van der Waals surface area contributed by atoms with Gasteiger partial charge in [0.15, 0.2) is 0 Å². The normalized spacial score (nSPS) is 13.4. The Kier molecular flexibility index (Phi) is 6.67. The summed E-state index contributed by atoms with van der Waals surface area (Å²) in [6, 6.07) is 81.8. The Morgan fingerprint density at radius 1 is 0.266 bits per heavy atom. The van der Waals surface area contributed by atoms with Crippen LogP contribution < -0.4 is 0 Å². The van der Waals surface area contributed by atoms with Gasteiger partial charge in [-0.1, -0.05) is 170 Å². The lowest BCUT2D eigenvalue weighted by molar-refractivity contribution is 0.672. The first-order valence-electron chi connectivity index (χ1n) is 22.3. The average Bonchev–Trinajstić information content (AvgIpc) is 3.97. The van der Waals surface area contributed by atoms with Crippen molar-refractivity contribution in [3.8, 4) is 44.5 Å². The van der Waals surface area contributed by atoms with Crippen molar-refractivity contribution >= 4 is 75.8 Å². The highest BCUT2D eigenvalue weighted by Gasteiger charge is 2.51. The van der Waals surface area contributed by atoms with Crippen LogP contribution in [0.4, 0.5) is 0 Å². The van der Waals surface area contributed by atoms with Crippen LogP contribution in [0, 0.1) is 0 Å². The SMILES string of the molecule is c1ccc2c(c1)-c1ccccc1C21c2cc3ccccc3cc2-c2cc3ccc(-c4c5ccccc5c(-c5ccc6oc7c8ccccc8ccc7c6c5)c5ccccc45)cc3cc21. The maximum atomic E-state index is 6.57. The molecular weight excluding hydrogens is 773 g/mol.